The van der Waals surface area contributed by atoms with Crippen LogP contribution in [0.2, 0.25) is 0 Å². The Morgan fingerprint density at radius 3 is 2.67 bits per heavy atom. The van der Waals surface area contributed by atoms with Crippen LogP contribution in [0.25, 0.3) is 11.3 Å². The van der Waals surface area contributed by atoms with E-state index < -0.39 is 0 Å². The number of carbonyl (C=O) groups is 1. The second kappa shape index (κ2) is 7.78. The van der Waals surface area contributed by atoms with Gasteiger partial charge in [0.05, 0.1) is 19.9 Å². The molecule has 7 nitrogen and oxygen atoms in total. The third-order valence-corrected chi connectivity index (χ3v) is 3.88. The van der Waals surface area contributed by atoms with Gasteiger partial charge in [-0.3, -0.25) is 14.6 Å². The minimum atomic E-state index is -0.316. The zero-order chi connectivity index (χ0) is 17.7. The van der Waals surface area contributed by atoms with Crippen molar-refractivity contribution in [1.29, 1.82) is 0 Å². The third kappa shape index (κ3) is 3.83. The summed E-state index contributed by atoms with van der Waals surface area (Å²) in [6.45, 7) is 0.333. The largest absolute Gasteiger partial charge is 0.497 e. The Labute approximate surface area is 144 Å². The van der Waals surface area contributed by atoms with Crippen LogP contribution in [-0.4, -0.2) is 36.7 Å². The van der Waals surface area contributed by atoms with Crippen LogP contribution >= 0.6 is 12.2 Å². The van der Waals surface area contributed by atoms with Gasteiger partial charge in [0.1, 0.15) is 11.5 Å². The number of hydrogen-bond acceptors (Lipinski definition) is 5. The number of nitrogens with zero attached hydrogens (tertiary/aromatic N) is 1. The predicted molar refractivity (Wildman–Crippen MR) is 93.1 cm³/mol. The lowest BCUT2D eigenvalue weighted by Crippen LogP contribution is -2.22. The van der Waals surface area contributed by atoms with Crippen molar-refractivity contribution in [3.63, 3.8) is 0 Å². The molecule has 1 aromatic heterocycles. The summed E-state index contributed by atoms with van der Waals surface area (Å²) < 4.78 is 12.5. The van der Waals surface area contributed by atoms with Gasteiger partial charge in [-0.1, -0.05) is 0 Å². The molecule has 0 atom stereocenters. The summed E-state index contributed by atoms with van der Waals surface area (Å²) in [5.41, 5.74) is 0.948. The Morgan fingerprint density at radius 2 is 2.04 bits per heavy atom. The number of methoxy groups -OCH3 is 2. The summed E-state index contributed by atoms with van der Waals surface area (Å²) >= 11 is 5.25. The van der Waals surface area contributed by atoms with Crippen molar-refractivity contribution in [2.45, 2.75) is 13.0 Å². The average molecular weight is 349 g/mol. The summed E-state index contributed by atoms with van der Waals surface area (Å²) in [5.74, 6) is 1.06. The first-order chi connectivity index (χ1) is 11.5. The van der Waals surface area contributed by atoms with E-state index in [4.69, 9.17) is 21.7 Å². The number of hydrogen-bond donors (Lipinski definition) is 2. The molecule has 0 unspecified atom stereocenters. The molecule has 0 saturated carbocycles. The molecule has 0 radical (unpaired) electrons. The topological polar surface area (TPSA) is 85.3 Å². The Bertz CT molecular complexity index is 857. The smallest absolute Gasteiger partial charge is 0.252 e. The molecule has 8 heteroatoms. The van der Waals surface area contributed by atoms with Gasteiger partial charge >= 0.3 is 0 Å². The molecule has 0 aliphatic heterocycles. The van der Waals surface area contributed by atoms with Crippen LogP contribution in [0.15, 0.2) is 29.1 Å². The lowest BCUT2D eigenvalue weighted by atomic mass is 10.1. The Kier molecular flexibility index (Phi) is 5.75. The molecule has 0 aliphatic rings. The maximum absolute atomic E-state index is 11.9. The highest BCUT2D eigenvalue weighted by molar-refractivity contribution is 7.71. The molecular weight excluding hydrogens is 330 g/mol. The summed E-state index contributed by atoms with van der Waals surface area (Å²) in [5, 5.41) is 2.56. The van der Waals surface area contributed by atoms with E-state index in [1.807, 2.05) is 0 Å². The van der Waals surface area contributed by atoms with Crippen molar-refractivity contribution in [3.05, 3.63) is 39.4 Å². The van der Waals surface area contributed by atoms with E-state index in [9.17, 15) is 9.59 Å². The highest BCUT2D eigenvalue weighted by Crippen LogP contribution is 2.32. The fraction of sp³-hybridized carbons (Fsp3) is 0.312. The fourth-order valence-electron chi connectivity index (χ4n) is 2.31. The molecule has 128 valence electrons. The molecule has 1 heterocycles. The molecule has 2 N–H and O–H groups in total. The number of amides is 1. The quantitative estimate of drug-likeness (QED) is 0.776. The SMILES string of the molecule is CNC(=O)CCn1c(-c2ccc(OC)cc2OC)cc(=O)[nH]c1=S. The first-order valence-electron chi connectivity index (χ1n) is 7.27. The van der Waals surface area contributed by atoms with Crippen LogP contribution in [0.3, 0.4) is 0 Å². The van der Waals surface area contributed by atoms with Gasteiger partial charge in [-0.05, 0) is 24.4 Å². The lowest BCUT2D eigenvalue weighted by Gasteiger charge is -2.16. The number of ether oxygens (including phenoxy) is 2. The second-order valence-electron chi connectivity index (χ2n) is 4.97. The average Bonchev–Trinajstić information content (AvgIpc) is 2.59. The second-order valence-corrected chi connectivity index (χ2v) is 5.35. The van der Waals surface area contributed by atoms with Crippen LogP contribution < -0.4 is 20.3 Å². The number of nitrogens with one attached hydrogen (secondary N) is 2. The van der Waals surface area contributed by atoms with E-state index in [1.165, 1.54) is 13.2 Å². The number of aromatic nitrogens is 2. The number of H-pyrrole nitrogens is 1. The fourth-order valence-corrected chi connectivity index (χ4v) is 2.60. The van der Waals surface area contributed by atoms with Gasteiger partial charge in [-0.15, -0.1) is 0 Å². The first kappa shape index (κ1) is 17.7. The van der Waals surface area contributed by atoms with Crippen molar-refractivity contribution in [3.8, 4) is 22.8 Å². The number of aromatic amines is 1. The summed E-state index contributed by atoms with van der Waals surface area (Å²) in [6.07, 6.45) is 0.238. The molecule has 24 heavy (non-hydrogen) atoms. The minimum absolute atomic E-state index is 0.115. The van der Waals surface area contributed by atoms with E-state index >= 15 is 0 Å². The number of benzene rings is 1. The van der Waals surface area contributed by atoms with Crippen molar-refractivity contribution in [2.24, 2.45) is 0 Å². The van der Waals surface area contributed by atoms with Gasteiger partial charge in [-0.2, -0.15) is 0 Å². The first-order valence-corrected chi connectivity index (χ1v) is 7.68. The van der Waals surface area contributed by atoms with Crippen LogP contribution in [0, 0.1) is 4.77 Å². The van der Waals surface area contributed by atoms with Crippen molar-refractivity contribution >= 4 is 18.1 Å². The monoisotopic (exact) mass is 349 g/mol. The zero-order valence-corrected chi connectivity index (χ0v) is 14.5. The van der Waals surface area contributed by atoms with Crippen LogP contribution in [0.4, 0.5) is 0 Å². The summed E-state index contributed by atoms with van der Waals surface area (Å²) in [7, 11) is 4.67. The van der Waals surface area contributed by atoms with E-state index in [0.717, 1.165) is 0 Å². The lowest BCUT2D eigenvalue weighted by molar-refractivity contribution is -0.120. The highest BCUT2D eigenvalue weighted by atomic mass is 32.1. The predicted octanol–water partition coefficient (Wildman–Crippen LogP) is 1.73. The molecule has 2 rings (SSSR count). The molecule has 1 amide bonds. The number of carbonyl (C=O) groups excluding carboxylic acids is 1. The zero-order valence-electron chi connectivity index (χ0n) is 13.7. The van der Waals surface area contributed by atoms with E-state index in [1.54, 1.807) is 36.9 Å². The van der Waals surface area contributed by atoms with Gasteiger partial charge in [0, 0.05) is 37.7 Å². The Hall–Kier alpha value is -2.61. The molecule has 0 spiro atoms. The highest BCUT2D eigenvalue weighted by Gasteiger charge is 2.13. The number of rotatable bonds is 6. The van der Waals surface area contributed by atoms with E-state index in [-0.39, 0.29) is 22.7 Å². The standard InChI is InChI=1S/C16H19N3O4S/c1-17-14(20)6-7-19-12(9-15(21)18-16(19)24)11-5-4-10(22-2)8-13(11)23-3/h4-5,8-9H,6-7H2,1-3H3,(H,17,20)(H,18,21,24). The van der Waals surface area contributed by atoms with Crippen LogP contribution in [0.5, 0.6) is 11.5 Å². The van der Waals surface area contributed by atoms with Gasteiger partial charge in [0.2, 0.25) is 5.91 Å². The molecule has 1 aromatic carbocycles. The maximum Gasteiger partial charge on any atom is 0.252 e. The van der Waals surface area contributed by atoms with Gasteiger partial charge in [0.15, 0.2) is 4.77 Å². The maximum atomic E-state index is 11.9. The Balaban J connectivity index is 2.59. The summed E-state index contributed by atoms with van der Waals surface area (Å²) in [4.78, 5) is 26.0. The molecule has 0 saturated heterocycles. The molecule has 0 bridgehead atoms. The van der Waals surface area contributed by atoms with E-state index in [2.05, 4.69) is 10.3 Å². The Morgan fingerprint density at radius 1 is 1.29 bits per heavy atom. The third-order valence-electron chi connectivity index (χ3n) is 3.56. The molecule has 0 fully saturated rings. The van der Waals surface area contributed by atoms with E-state index in [0.29, 0.717) is 29.3 Å². The van der Waals surface area contributed by atoms with Crippen LogP contribution in [-0.2, 0) is 11.3 Å². The van der Waals surface area contributed by atoms with Gasteiger partial charge in [-0.25, -0.2) is 0 Å². The van der Waals surface area contributed by atoms with Gasteiger partial charge < -0.3 is 19.4 Å². The van der Waals surface area contributed by atoms with Crippen LogP contribution in [0.1, 0.15) is 6.42 Å². The van der Waals surface area contributed by atoms with Crippen molar-refractivity contribution < 1.29 is 14.3 Å². The normalized spacial score (nSPS) is 10.3. The van der Waals surface area contributed by atoms with Gasteiger partial charge in [0.25, 0.3) is 5.56 Å². The molecule has 0 aliphatic carbocycles. The minimum Gasteiger partial charge on any atom is -0.497 e. The molecular formula is C16H19N3O4S. The van der Waals surface area contributed by atoms with Crippen molar-refractivity contribution in [1.82, 2.24) is 14.9 Å². The molecule has 2 aromatic rings. The summed E-state index contributed by atoms with van der Waals surface area (Å²) in [6, 6.07) is 6.72. The van der Waals surface area contributed by atoms with Crippen molar-refractivity contribution in [2.75, 3.05) is 21.3 Å².